The lowest BCUT2D eigenvalue weighted by molar-refractivity contribution is 0.100. The summed E-state index contributed by atoms with van der Waals surface area (Å²) in [6.07, 6.45) is 3.94. The lowest BCUT2D eigenvalue weighted by Crippen LogP contribution is -2.43. The molecule has 4 heteroatoms. The first-order valence-corrected chi connectivity index (χ1v) is 4.73. The van der Waals surface area contributed by atoms with Gasteiger partial charge in [-0.1, -0.05) is 25.1 Å². The maximum absolute atomic E-state index is 9.46. The summed E-state index contributed by atoms with van der Waals surface area (Å²) in [5.74, 6) is 0. The molecule has 1 aliphatic rings. The summed E-state index contributed by atoms with van der Waals surface area (Å²) >= 11 is 8.73. The van der Waals surface area contributed by atoms with Crippen LogP contribution in [0.2, 0.25) is 0 Å². The van der Waals surface area contributed by atoms with Gasteiger partial charge in [0.1, 0.15) is 4.32 Å². The number of thiol groups is 1. The molecule has 1 fully saturated rings. The molecule has 0 aromatic rings. The molecule has 0 amide bonds. The predicted octanol–water partition coefficient (Wildman–Crippen LogP) is 1.09. The Balaban J connectivity index is 2.35. The van der Waals surface area contributed by atoms with E-state index in [2.05, 4.69) is 17.9 Å². The summed E-state index contributed by atoms with van der Waals surface area (Å²) in [4.78, 5) is 0. The first kappa shape index (κ1) is 9.29. The highest BCUT2D eigenvalue weighted by atomic mass is 32.1. The van der Waals surface area contributed by atoms with Crippen LogP contribution in [0.3, 0.4) is 0 Å². The van der Waals surface area contributed by atoms with Gasteiger partial charge in [0, 0.05) is 0 Å². The Bertz CT molecular complexity index is 151. The van der Waals surface area contributed by atoms with Crippen molar-refractivity contribution in [3.8, 4) is 0 Å². The fraction of sp³-hybridized carbons (Fsp3) is 0.857. The highest BCUT2D eigenvalue weighted by Gasteiger charge is 2.22. The van der Waals surface area contributed by atoms with Crippen molar-refractivity contribution in [2.45, 2.75) is 37.8 Å². The van der Waals surface area contributed by atoms with Gasteiger partial charge in [0.15, 0.2) is 0 Å². The number of nitrogens with one attached hydrogen (secondary N) is 1. The Kier molecular flexibility index (Phi) is 3.62. The van der Waals surface area contributed by atoms with Crippen LogP contribution >= 0.6 is 24.8 Å². The average Bonchev–Trinajstić information content (AvgIpc) is 1.93. The number of aliphatic hydroxyl groups excluding tert-OH is 1. The number of hydrogen-bond donors (Lipinski definition) is 3. The maximum Gasteiger partial charge on any atom is 0.130 e. The Morgan fingerprint density at radius 3 is 2.64 bits per heavy atom. The van der Waals surface area contributed by atoms with Gasteiger partial charge in [0.2, 0.25) is 0 Å². The molecule has 1 aliphatic carbocycles. The summed E-state index contributed by atoms with van der Waals surface area (Å²) in [5.41, 5.74) is 0. The minimum absolute atomic E-state index is 0.133. The van der Waals surface area contributed by atoms with Crippen LogP contribution in [0.4, 0.5) is 0 Å². The van der Waals surface area contributed by atoms with Gasteiger partial charge in [-0.05, 0) is 12.8 Å². The topological polar surface area (TPSA) is 32.3 Å². The van der Waals surface area contributed by atoms with E-state index in [1.165, 1.54) is 6.42 Å². The molecular formula is C7H13NOS2. The van der Waals surface area contributed by atoms with Gasteiger partial charge in [0.25, 0.3) is 0 Å². The molecule has 0 aromatic heterocycles. The van der Waals surface area contributed by atoms with Crippen LogP contribution in [-0.4, -0.2) is 21.6 Å². The molecule has 2 nitrogen and oxygen atoms in total. The minimum Gasteiger partial charge on any atom is -0.391 e. The standard InChI is InChI=1S/C7H13NOS2/c9-6-4-2-1-3-5(6)8-7(10)11/h5-6,9H,1-4H2,(H2,8,10,11). The molecule has 0 radical (unpaired) electrons. The van der Waals surface area contributed by atoms with Crippen LogP contribution in [0, 0.1) is 0 Å². The predicted molar refractivity (Wildman–Crippen MR) is 53.0 cm³/mol. The van der Waals surface area contributed by atoms with E-state index in [1.807, 2.05) is 0 Å². The molecule has 1 rings (SSSR count). The van der Waals surface area contributed by atoms with Crippen LogP contribution in [-0.2, 0) is 0 Å². The lowest BCUT2D eigenvalue weighted by atomic mass is 9.93. The fourth-order valence-electron chi connectivity index (χ4n) is 1.44. The van der Waals surface area contributed by atoms with E-state index >= 15 is 0 Å². The number of aliphatic hydroxyl groups is 1. The Morgan fingerprint density at radius 1 is 1.45 bits per heavy atom. The summed E-state index contributed by atoms with van der Waals surface area (Å²) in [6.45, 7) is 0. The molecule has 0 saturated heterocycles. The van der Waals surface area contributed by atoms with Gasteiger partial charge in [-0.15, -0.1) is 12.6 Å². The Hall–Kier alpha value is 0.200. The number of hydrogen-bond acceptors (Lipinski definition) is 2. The molecular weight excluding hydrogens is 178 g/mol. The summed E-state index contributed by atoms with van der Waals surface area (Å²) < 4.78 is 0.482. The van der Waals surface area contributed by atoms with Gasteiger partial charge in [-0.3, -0.25) is 0 Å². The highest BCUT2D eigenvalue weighted by molar-refractivity contribution is 8.11. The van der Waals surface area contributed by atoms with E-state index < -0.39 is 0 Å². The second-order valence-corrected chi connectivity index (χ2v) is 4.07. The zero-order valence-electron chi connectivity index (χ0n) is 6.29. The third-order valence-electron chi connectivity index (χ3n) is 2.04. The summed E-state index contributed by atoms with van der Waals surface area (Å²) in [7, 11) is 0. The van der Waals surface area contributed by atoms with E-state index in [9.17, 15) is 5.11 Å². The van der Waals surface area contributed by atoms with Crippen molar-refractivity contribution in [3.05, 3.63) is 0 Å². The molecule has 0 aliphatic heterocycles. The van der Waals surface area contributed by atoms with Crippen molar-refractivity contribution in [1.82, 2.24) is 5.32 Å². The fourth-order valence-corrected chi connectivity index (χ4v) is 1.76. The van der Waals surface area contributed by atoms with E-state index in [1.54, 1.807) is 0 Å². The monoisotopic (exact) mass is 191 g/mol. The Labute approximate surface area is 77.8 Å². The van der Waals surface area contributed by atoms with E-state index in [4.69, 9.17) is 12.2 Å². The van der Waals surface area contributed by atoms with Crippen LogP contribution in [0.1, 0.15) is 25.7 Å². The van der Waals surface area contributed by atoms with Crippen molar-refractivity contribution in [2.75, 3.05) is 0 Å². The SMILES string of the molecule is OC1CCCCC1NC(=S)S. The zero-order chi connectivity index (χ0) is 8.27. The van der Waals surface area contributed by atoms with Gasteiger partial charge < -0.3 is 10.4 Å². The summed E-state index contributed by atoms with van der Waals surface area (Å²) in [5, 5.41) is 12.4. The summed E-state index contributed by atoms with van der Waals surface area (Å²) in [6, 6.07) is 0.133. The highest BCUT2D eigenvalue weighted by Crippen LogP contribution is 2.18. The third-order valence-corrected chi connectivity index (χ3v) is 2.29. The van der Waals surface area contributed by atoms with E-state index in [0.717, 1.165) is 19.3 Å². The van der Waals surface area contributed by atoms with Gasteiger partial charge in [0.05, 0.1) is 12.1 Å². The molecule has 2 atom stereocenters. The van der Waals surface area contributed by atoms with Crippen molar-refractivity contribution in [1.29, 1.82) is 0 Å². The van der Waals surface area contributed by atoms with Crippen LogP contribution in [0.25, 0.3) is 0 Å². The number of thiocarbonyl (C=S) groups is 1. The molecule has 1 saturated carbocycles. The van der Waals surface area contributed by atoms with Crippen molar-refractivity contribution in [3.63, 3.8) is 0 Å². The van der Waals surface area contributed by atoms with E-state index in [0.29, 0.717) is 4.32 Å². The van der Waals surface area contributed by atoms with Gasteiger partial charge in [-0.2, -0.15) is 0 Å². The maximum atomic E-state index is 9.46. The largest absolute Gasteiger partial charge is 0.391 e. The smallest absolute Gasteiger partial charge is 0.130 e. The molecule has 0 aromatic carbocycles. The number of rotatable bonds is 1. The normalized spacial score (nSPS) is 31.5. The van der Waals surface area contributed by atoms with Crippen molar-refractivity contribution in [2.24, 2.45) is 0 Å². The minimum atomic E-state index is -0.242. The molecule has 0 spiro atoms. The first-order chi connectivity index (χ1) is 5.20. The second-order valence-electron chi connectivity index (χ2n) is 2.91. The molecule has 0 heterocycles. The molecule has 0 bridgehead atoms. The quantitative estimate of drug-likeness (QED) is 0.428. The van der Waals surface area contributed by atoms with Crippen LogP contribution in [0.15, 0.2) is 0 Å². The molecule has 2 N–H and O–H groups in total. The molecule has 2 unspecified atom stereocenters. The zero-order valence-corrected chi connectivity index (χ0v) is 8.00. The van der Waals surface area contributed by atoms with Crippen molar-refractivity contribution < 1.29 is 5.11 Å². The first-order valence-electron chi connectivity index (χ1n) is 3.87. The van der Waals surface area contributed by atoms with Crippen LogP contribution in [0.5, 0.6) is 0 Å². The average molecular weight is 191 g/mol. The molecule has 11 heavy (non-hydrogen) atoms. The van der Waals surface area contributed by atoms with Gasteiger partial charge in [-0.25, -0.2) is 0 Å². The molecule has 64 valence electrons. The third kappa shape index (κ3) is 2.97. The van der Waals surface area contributed by atoms with E-state index in [-0.39, 0.29) is 12.1 Å². The van der Waals surface area contributed by atoms with Gasteiger partial charge >= 0.3 is 0 Å². The lowest BCUT2D eigenvalue weighted by Gasteiger charge is -2.28. The second kappa shape index (κ2) is 4.28. The van der Waals surface area contributed by atoms with Crippen LogP contribution < -0.4 is 5.32 Å². The Morgan fingerprint density at radius 2 is 2.09 bits per heavy atom. The van der Waals surface area contributed by atoms with Crippen molar-refractivity contribution >= 4 is 29.2 Å².